The van der Waals surface area contributed by atoms with E-state index in [4.69, 9.17) is 5.11 Å². The second kappa shape index (κ2) is 5.11. The number of aromatic hydroxyl groups is 1. The molecule has 0 atom stereocenters. The van der Waals surface area contributed by atoms with Gasteiger partial charge in [-0.3, -0.25) is 0 Å². The summed E-state index contributed by atoms with van der Waals surface area (Å²) in [6, 6.07) is 0. The average molecular weight is 332 g/mol. The van der Waals surface area contributed by atoms with Gasteiger partial charge < -0.3 is 5.11 Å². The predicted octanol–water partition coefficient (Wildman–Crippen LogP) is 4.31. The van der Waals surface area contributed by atoms with Crippen LogP contribution in [0, 0.1) is 52.4 Å². The maximum atomic E-state index is 13.5. The molecule has 0 amide bonds. The molecule has 2 rings (SSSR count). The second-order valence-corrected chi connectivity index (χ2v) is 3.92. The molecule has 0 aliphatic heterocycles. The zero-order chi connectivity index (χ0) is 16.9. The van der Waals surface area contributed by atoms with Gasteiger partial charge in [-0.2, -0.15) is 4.39 Å². The van der Waals surface area contributed by atoms with Gasteiger partial charge in [0.15, 0.2) is 40.7 Å². The Morgan fingerprint density at radius 3 is 1.05 bits per heavy atom. The van der Waals surface area contributed by atoms with Crippen LogP contribution in [-0.4, -0.2) is 5.11 Å². The van der Waals surface area contributed by atoms with Gasteiger partial charge in [-0.05, 0) is 0 Å². The number of rotatable bonds is 1. The van der Waals surface area contributed by atoms with E-state index >= 15 is 0 Å². The molecule has 0 aliphatic carbocycles. The van der Waals surface area contributed by atoms with Crippen LogP contribution in [0.5, 0.6) is 5.75 Å². The lowest BCUT2D eigenvalue weighted by Crippen LogP contribution is -2.07. The molecule has 22 heavy (non-hydrogen) atoms. The van der Waals surface area contributed by atoms with Crippen molar-refractivity contribution in [2.75, 3.05) is 0 Å². The van der Waals surface area contributed by atoms with Crippen molar-refractivity contribution in [3.8, 4) is 16.9 Å². The summed E-state index contributed by atoms with van der Waals surface area (Å²) in [4.78, 5) is 0. The maximum Gasteiger partial charge on any atom is 0.204 e. The smallest absolute Gasteiger partial charge is 0.204 e. The van der Waals surface area contributed by atoms with Crippen molar-refractivity contribution in [1.82, 2.24) is 0 Å². The standard InChI is InChI=1S/C12HF9O/c13-3-1(4(14)7(17)9(19)6(3)16)2-5(15)8(18)10(20)11(21)12(2)22/h22H. The molecule has 0 fully saturated rings. The van der Waals surface area contributed by atoms with Crippen LogP contribution in [0.3, 0.4) is 0 Å². The molecule has 0 radical (unpaired) electrons. The summed E-state index contributed by atoms with van der Waals surface area (Å²) in [6.45, 7) is 0. The molecule has 2 aromatic carbocycles. The Bertz CT molecular complexity index is 675. The summed E-state index contributed by atoms with van der Waals surface area (Å²) in [7, 11) is 0. The van der Waals surface area contributed by atoms with Crippen molar-refractivity contribution in [2.45, 2.75) is 0 Å². The summed E-state index contributed by atoms with van der Waals surface area (Å²) in [5.41, 5.74) is -4.17. The molecule has 0 aliphatic rings. The number of benzene rings is 2. The molecule has 0 heterocycles. The summed E-state index contributed by atoms with van der Waals surface area (Å²) in [5, 5.41) is 9.14. The Balaban J connectivity index is 3.03. The zero-order valence-corrected chi connectivity index (χ0v) is 9.85. The van der Waals surface area contributed by atoms with Gasteiger partial charge in [0.1, 0.15) is 0 Å². The first-order valence-corrected chi connectivity index (χ1v) is 5.17. The minimum Gasteiger partial charge on any atom is -0.504 e. The molecule has 1 N–H and O–H groups in total. The first kappa shape index (κ1) is 16.0. The predicted molar refractivity (Wildman–Crippen MR) is 53.2 cm³/mol. The summed E-state index contributed by atoms with van der Waals surface area (Å²) in [6.07, 6.45) is 0. The molecule has 10 heteroatoms. The lowest BCUT2D eigenvalue weighted by molar-refractivity contribution is 0.362. The molecular weight excluding hydrogens is 331 g/mol. The fourth-order valence-electron chi connectivity index (χ4n) is 1.67. The molecule has 2 aromatic rings. The number of phenolic OH excluding ortho intramolecular Hbond substituents is 1. The van der Waals surface area contributed by atoms with Crippen LogP contribution < -0.4 is 0 Å². The van der Waals surface area contributed by atoms with Crippen LogP contribution in [0.2, 0.25) is 0 Å². The SMILES string of the molecule is Oc1c(F)c(F)c(F)c(F)c1-c1c(F)c(F)c(F)c(F)c1F. The minimum atomic E-state index is -2.63. The van der Waals surface area contributed by atoms with Crippen molar-refractivity contribution in [1.29, 1.82) is 0 Å². The van der Waals surface area contributed by atoms with E-state index in [-0.39, 0.29) is 0 Å². The van der Waals surface area contributed by atoms with Crippen LogP contribution in [0.4, 0.5) is 39.5 Å². The second-order valence-electron chi connectivity index (χ2n) is 3.92. The van der Waals surface area contributed by atoms with Crippen LogP contribution in [0.1, 0.15) is 0 Å². The largest absolute Gasteiger partial charge is 0.504 e. The highest BCUT2D eigenvalue weighted by molar-refractivity contribution is 5.72. The Morgan fingerprint density at radius 1 is 0.364 bits per heavy atom. The Morgan fingerprint density at radius 2 is 0.636 bits per heavy atom. The van der Waals surface area contributed by atoms with E-state index < -0.39 is 69.2 Å². The normalized spacial score (nSPS) is 11.1. The fourth-order valence-corrected chi connectivity index (χ4v) is 1.67. The van der Waals surface area contributed by atoms with Crippen LogP contribution in [-0.2, 0) is 0 Å². The Kier molecular flexibility index (Phi) is 3.71. The van der Waals surface area contributed by atoms with Crippen LogP contribution in [0.25, 0.3) is 11.1 Å². The van der Waals surface area contributed by atoms with E-state index in [1.54, 1.807) is 0 Å². The van der Waals surface area contributed by atoms with E-state index in [0.29, 0.717) is 0 Å². The third-order valence-electron chi connectivity index (χ3n) is 2.70. The molecule has 0 bridgehead atoms. The third kappa shape index (κ3) is 1.97. The molecule has 0 spiro atoms. The summed E-state index contributed by atoms with van der Waals surface area (Å²) < 4.78 is 118. The van der Waals surface area contributed by atoms with Crippen molar-refractivity contribution < 1.29 is 44.6 Å². The summed E-state index contributed by atoms with van der Waals surface area (Å²) in [5.74, 6) is -25.3. The van der Waals surface area contributed by atoms with Gasteiger partial charge in [0.2, 0.25) is 17.5 Å². The van der Waals surface area contributed by atoms with Gasteiger partial charge in [-0.15, -0.1) is 0 Å². The monoisotopic (exact) mass is 332 g/mol. The zero-order valence-electron chi connectivity index (χ0n) is 9.85. The maximum absolute atomic E-state index is 13.5. The van der Waals surface area contributed by atoms with Crippen molar-refractivity contribution >= 4 is 0 Å². The van der Waals surface area contributed by atoms with Gasteiger partial charge in [-0.25, -0.2) is 35.1 Å². The van der Waals surface area contributed by atoms with Crippen molar-refractivity contribution in [3.63, 3.8) is 0 Å². The summed E-state index contributed by atoms with van der Waals surface area (Å²) >= 11 is 0. The average Bonchev–Trinajstić information content (AvgIpc) is 2.50. The van der Waals surface area contributed by atoms with E-state index in [2.05, 4.69) is 0 Å². The van der Waals surface area contributed by atoms with Crippen LogP contribution in [0.15, 0.2) is 0 Å². The third-order valence-corrected chi connectivity index (χ3v) is 2.70. The lowest BCUT2D eigenvalue weighted by atomic mass is 10.0. The highest BCUT2D eigenvalue weighted by atomic mass is 19.2. The topological polar surface area (TPSA) is 20.2 Å². The molecule has 118 valence electrons. The number of hydrogen-bond donors (Lipinski definition) is 1. The van der Waals surface area contributed by atoms with Gasteiger partial charge in [0, 0.05) is 0 Å². The van der Waals surface area contributed by atoms with Crippen molar-refractivity contribution in [3.05, 3.63) is 52.4 Å². The Labute approximate surface area is 115 Å². The van der Waals surface area contributed by atoms with E-state index in [1.807, 2.05) is 0 Å². The number of hydrogen-bond acceptors (Lipinski definition) is 1. The molecule has 0 aromatic heterocycles. The minimum absolute atomic E-state index is 2.04. The highest BCUT2D eigenvalue weighted by Crippen LogP contribution is 2.41. The molecule has 0 saturated heterocycles. The van der Waals surface area contributed by atoms with Crippen molar-refractivity contribution in [2.24, 2.45) is 0 Å². The Hall–Kier alpha value is -2.39. The lowest BCUT2D eigenvalue weighted by Gasteiger charge is -2.12. The van der Waals surface area contributed by atoms with Gasteiger partial charge >= 0.3 is 0 Å². The highest BCUT2D eigenvalue weighted by Gasteiger charge is 2.34. The first-order valence-electron chi connectivity index (χ1n) is 5.17. The number of phenols is 1. The molecule has 1 nitrogen and oxygen atoms in total. The van der Waals surface area contributed by atoms with Gasteiger partial charge in [0.25, 0.3) is 0 Å². The fraction of sp³-hybridized carbons (Fsp3) is 0. The van der Waals surface area contributed by atoms with E-state index in [1.165, 1.54) is 0 Å². The first-order chi connectivity index (χ1) is 10.1. The van der Waals surface area contributed by atoms with Crippen LogP contribution >= 0.6 is 0 Å². The molecule has 0 saturated carbocycles. The van der Waals surface area contributed by atoms with E-state index in [0.717, 1.165) is 0 Å². The quantitative estimate of drug-likeness (QED) is 0.469. The molecule has 0 unspecified atom stereocenters. The van der Waals surface area contributed by atoms with Gasteiger partial charge in [0.05, 0.1) is 11.1 Å². The van der Waals surface area contributed by atoms with E-state index in [9.17, 15) is 39.5 Å². The number of halogens is 9. The molecular formula is C12HF9O. The van der Waals surface area contributed by atoms with Gasteiger partial charge in [-0.1, -0.05) is 0 Å².